The van der Waals surface area contributed by atoms with Gasteiger partial charge in [-0.15, -0.1) is 0 Å². The Bertz CT molecular complexity index is 521. The van der Waals surface area contributed by atoms with E-state index in [1.54, 1.807) is 14.7 Å². The molecule has 0 N–H and O–H groups in total. The fourth-order valence-corrected chi connectivity index (χ4v) is 3.85. The molecule has 3 aliphatic rings. The number of hydrogen-bond donors (Lipinski definition) is 0. The fraction of sp³-hybridized carbons (Fsp3) is 0.750. The number of hydrogen-bond acceptors (Lipinski definition) is 4. The average Bonchev–Trinajstić information content (AvgIpc) is 3.27. The van der Waals surface area contributed by atoms with E-state index in [2.05, 4.69) is 0 Å². The van der Waals surface area contributed by atoms with E-state index in [0.717, 1.165) is 25.5 Å². The van der Waals surface area contributed by atoms with Crippen LogP contribution in [0.1, 0.15) is 38.5 Å². The van der Waals surface area contributed by atoms with Gasteiger partial charge in [0, 0.05) is 26.1 Å². The summed E-state index contributed by atoms with van der Waals surface area (Å²) in [5.41, 5.74) is 0. The third-order valence-corrected chi connectivity index (χ3v) is 5.10. The number of carbonyl (C=O) groups is 4. The molecule has 0 aliphatic carbocycles. The summed E-state index contributed by atoms with van der Waals surface area (Å²) in [5.74, 6) is -0.253. The van der Waals surface area contributed by atoms with Crippen LogP contribution in [0.25, 0.3) is 0 Å². The Balaban J connectivity index is 1.65. The summed E-state index contributed by atoms with van der Waals surface area (Å²) in [6, 6.07) is -0.819. The Morgan fingerprint density at radius 3 is 2.48 bits per heavy atom. The van der Waals surface area contributed by atoms with E-state index in [9.17, 15) is 19.2 Å². The molecule has 126 valence electrons. The highest BCUT2D eigenvalue weighted by Crippen LogP contribution is 2.24. The lowest BCUT2D eigenvalue weighted by Gasteiger charge is -2.30. The summed E-state index contributed by atoms with van der Waals surface area (Å²) in [5, 5.41) is 0. The van der Waals surface area contributed by atoms with E-state index < -0.39 is 6.04 Å². The topological polar surface area (TPSA) is 78.0 Å². The van der Waals surface area contributed by atoms with E-state index in [1.807, 2.05) is 0 Å². The summed E-state index contributed by atoms with van der Waals surface area (Å²) in [4.78, 5) is 52.8. The van der Waals surface area contributed by atoms with Crippen molar-refractivity contribution in [2.24, 2.45) is 0 Å². The SMILES string of the molecule is O=C[C@@H]1CCCN1C(=O)[C@@H]1CCCN1C(=O)CN1CCCC1=O. The molecule has 7 nitrogen and oxygen atoms in total. The summed E-state index contributed by atoms with van der Waals surface area (Å²) < 4.78 is 0. The summed E-state index contributed by atoms with van der Waals surface area (Å²) in [6.45, 7) is 1.83. The van der Waals surface area contributed by atoms with Gasteiger partial charge in [-0.2, -0.15) is 0 Å². The molecule has 0 aromatic heterocycles. The zero-order valence-electron chi connectivity index (χ0n) is 13.3. The third-order valence-electron chi connectivity index (χ3n) is 5.10. The molecule has 2 atom stereocenters. The average molecular weight is 321 g/mol. The minimum atomic E-state index is -0.472. The maximum Gasteiger partial charge on any atom is 0.245 e. The molecule has 3 aliphatic heterocycles. The van der Waals surface area contributed by atoms with Gasteiger partial charge in [0.2, 0.25) is 17.7 Å². The van der Waals surface area contributed by atoms with E-state index in [4.69, 9.17) is 0 Å². The van der Waals surface area contributed by atoms with Crippen molar-refractivity contribution in [1.29, 1.82) is 0 Å². The van der Waals surface area contributed by atoms with Crippen LogP contribution < -0.4 is 0 Å². The van der Waals surface area contributed by atoms with Gasteiger partial charge >= 0.3 is 0 Å². The molecule has 0 aromatic rings. The maximum absolute atomic E-state index is 12.7. The molecule has 3 amide bonds. The Labute approximate surface area is 135 Å². The summed E-state index contributed by atoms with van der Waals surface area (Å²) in [7, 11) is 0. The fourth-order valence-electron chi connectivity index (χ4n) is 3.85. The van der Waals surface area contributed by atoms with Gasteiger partial charge in [-0.1, -0.05) is 0 Å². The molecule has 3 fully saturated rings. The van der Waals surface area contributed by atoms with Crippen molar-refractivity contribution in [2.45, 2.75) is 50.6 Å². The van der Waals surface area contributed by atoms with Crippen LogP contribution in [0.15, 0.2) is 0 Å². The van der Waals surface area contributed by atoms with Gasteiger partial charge < -0.3 is 19.5 Å². The largest absolute Gasteiger partial charge is 0.333 e. The lowest BCUT2D eigenvalue weighted by molar-refractivity contribution is -0.146. The molecule has 0 saturated carbocycles. The monoisotopic (exact) mass is 321 g/mol. The number of likely N-dealkylation sites (tertiary alicyclic amines) is 3. The molecule has 0 bridgehead atoms. The van der Waals surface area contributed by atoms with E-state index in [-0.39, 0.29) is 30.3 Å². The first-order valence-corrected chi connectivity index (χ1v) is 8.45. The van der Waals surface area contributed by atoms with Crippen molar-refractivity contribution in [2.75, 3.05) is 26.2 Å². The first-order chi connectivity index (χ1) is 11.1. The first kappa shape index (κ1) is 16.0. The van der Waals surface area contributed by atoms with Crippen LogP contribution in [0.5, 0.6) is 0 Å². The second kappa shape index (κ2) is 6.68. The smallest absolute Gasteiger partial charge is 0.245 e. The molecule has 3 saturated heterocycles. The van der Waals surface area contributed by atoms with Crippen molar-refractivity contribution in [3.05, 3.63) is 0 Å². The van der Waals surface area contributed by atoms with Gasteiger partial charge in [0.25, 0.3) is 0 Å². The van der Waals surface area contributed by atoms with Gasteiger partial charge in [0.05, 0.1) is 12.6 Å². The van der Waals surface area contributed by atoms with Crippen LogP contribution >= 0.6 is 0 Å². The predicted molar refractivity (Wildman–Crippen MR) is 81.3 cm³/mol. The lowest BCUT2D eigenvalue weighted by Crippen LogP contribution is -2.51. The van der Waals surface area contributed by atoms with Crippen LogP contribution in [-0.4, -0.2) is 77.0 Å². The van der Waals surface area contributed by atoms with Crippen LogP contribution in [0.2, 0.25) is 0 Å². The molecule has 3 heterocycles. The predicted octanol–water partition coefficient (Wildman–Crippen LogP) is -0.210. The van der Waals surface area contributed by atoms with Gasteiger partial charge in [-0.3, -0.25) is 14.4 Å². The van der Waals surface area contributed by atoms with Gasteiger partial charge in [-0.25, -0.2) is 0 Å². The molecule has 3 rings (SSSR count). The third kappa shape index (κ3) is 3.09. The van der Waals surface area contributed by atoms with Crippen molar-refractivity contribution < 1.29 is 19.2 Å². The minimum Gasteiger partial charge on any atom is -0.333 e. The van der Waals surface area contributed by atoms with Crippen molar-refractivity contribution in [3.63, 3.8) is 0 Å². The Morgan fingerprint density at radius 1 is 1.04 bits per heavy atom. The highest BCUT2D eigenvalue weighted by Gasteiger charge is 2.40. The van der Waals surface area contributed by atoms with E-state index in [1.165, 1.54) is 0 Å². The quantitative estimate of drug-likeness (QED) is 0.671. The van der Waals surface area contributed by atoms with E-state index in [0.29, 0.717) is 38.9 Å². The van der Waals surface area contributed by atoms with Crippen LogP contribution in [-0.2, 0) is 19.2 Å². The standard InChI is InChI=1S/C16H23N3O4/c20-11-12-4-1-8-18(12)16(23)13-5-2-9-19(13)15(22)10-17-7-3-6-14(17)21/h11-13H,1-10H2/t12-,13-/m0/s1. The molecule has 0 radical (unpaired) electrons. The molecule has 0 unspecified atom stereocenters. The van der Waals surface area contributed by atoms with Crippen molar-refractivity contribution >= 4 is 24.0 Å². The lowest BCUT2D eigenvalue weighted by atomic mass is 10.1. The van der Waals surface area contributed by atoms with Crippen molar-refractivity contribution in [1.82, 2.24) is 14.7 Å². The van der Waals surface area contributed by atoms with Crippen LogP contribution in [0.4, 0.5) is 0 Å². The zero-order valence-corrected chi connectivity index (χ0v) is 13.3. The Kier molecular flexibility index (Phi) is 4.63. The molecule has 0 aromatic carbocycles. The molecular weight excluding hydrogens is 298 g/mol. The van der Waals surface area contributed by atoms with Gasteiger partial charge in [-0.05, 0) is 32.1 Å². The van der Waals surface area contributed by atoms with Gasteiger partial charge in [0.15, 0.2) is 0 Å². The van der Waals surface area contributed by atoms with Gasteiger partial charge in [0.1, 0.15) is 12.3 Å². The molecule has 0 spiro atoms. The highest BCUT2D eigenvalue weighted by molar-refractivity contribution is 5.92. The number of nitrogens with zero attached hydrogens (tertiary/aromatic N) is 3. The first-order valence-electron chi connectivity index (χ1n) is 8.45. The molecule has 7 heteroatoms. The molecular formula is C16H23N3O4. The number of aldehydes is 1. The summed E-state index contributed by atoms with van der Waals surface area (Å²) in [6.07, 6.45) is 5.09. The van der Waals surface area contributed by atoms with E-state index >= 15 is 0 Å². The number of carbonyl (C=O) groups excluding carboxylic acids is 4. The Morgan fingerprint density at radius 2 is 1.78 bits per heavy atom. The Hall–Kier alpha value is -1.92. The maximum atomic E-state index is 12.7. The van der Waals surface area contributed by atoms with Crippen LogP contribution in [0, 0.1) is 0 Å². The zero-order chi connectivity index (χ0) is 16.4. The van der Waals surface area contributed by atoms with Crippen LogP contribution in [0.3, 0.4) is 0 Å². The second-order valence-corrected chi connectivity index (χ2v) is 6.54. The minimum absolute atomic E-state index is 0.0148. The van der Waals surface area contributed by atoms with Crippen molar-refractivity contribution in [3.8, 4) is 0 Å². The normalized spacial score (nSPS) is 27.8. The molecule has 23 heavy (non-hydrogen) atoms. The number of rotatable bonds is 4. The number of amides is 3. The highest BCUT2D eigenvalue weighted by atomic mass is 16.2. The second-order valence-electron chi connectivity index (χ2n) is 6.54. The summed E-state index contributed by atoms with van der Waals surface area (Å²) >= 11 is 0.